The third kappa shape index (κ3) is 3.39. The highest BCUT2D eigenvalue weighted by Crippen LogP contribution is 2.46. The molecule has 5 heteroatoms. The molecule has 1 saturated carbocycles. The van der Waals surface area contributed by atoms with Crippen LogP contribution in [0.25, 0.3) is 0 Å². The number of likely N-dealkylation sites (N-methyl/N-ethyl adjacent to an activating group) is 1. The van der Waals surface area contributed by atoms with Gasteiger partial charge in [-0.05, 0) is 33.2 Å². The number of nitrogens with one attached hydrogen (secondary N) is 1. The van der Waals surface area contributed by atoms with Crippen molar-refractivity contribution >= 4 is 23.1 Å². The van der Waals surface area contributed by atoms with Crippen LogP contribution in [0.5, 0.6) is 0 Å². The fourth-order valence-electron chi connectivity index (χ4n) is 1.76. The summed E-state index contributed by atoms with van der Waals surface area (Å²) in [4.78, 5) is 14.5. The van der Waals surface area contributed by atoms with Crippen molar-refractivity contribution in [1.29, 1.82) is 0 Å². The second-order valence-electron chi connectivity index (χ2n) is 4.94. The fourth-order valence-corrected chi connectivity index (χ4v) is 2.05. The molecule has 1 unspecified atom stereocenters. The largest absolute Gasteiger partial charge is 0.392 e. The summed E-state index contributed by atoms with van der Waals surface area (Å²) in [6, 6.07) is 0.539. The molecule has 0 radical (unpaired) electrons. The van der Waals surface area contributed by atoms with Crippen molar-refractivity contribution in [2.45, 2.75) is 39.2 Å². The summed E-state index contributed by atoms with van der Waals surface area (Å²) in [7, 11) is 2.07. The molecule has 0 aromatic rings. The van der Waals surface area contributed by atoms with Crippen molar-refractivity contribution in [2.24, 2.45) is 11.1 Å². The van der Waals surface area contributed by atoms with Crippen LogP contribution < -0.4 is 11.1 Å². The zero-order valence-corrected chi connectivity index (χ0v) is 11.8. The molecule has 0 aromatic heterocycles. The van der Waals surface area contributed by atoms with Gasteiger partial charge in [0, 0.05) is 19.1 Å². The highest BCUT2D eigenvalue weighted by molar-refractivity contribution is 7.80. The number of hydrogen-bond acceptors (Lipinski definition) is 3. The van der Waals surface area contributed by atoms with Gasteiger partial charge in [0.25, 0.3) is 0 Å². The fraction of sp³-hybridized carbons (Fsp3) is 0.833. The lowest BCUT2D eigenvalue weighted by Crippen LogP contribution is -2.43. The lowest BCUT2D eigenvalue weighted by Gasteiger charge is -2.24. The van der Waals surface area contributed by atoms with E-state index >= 15 is 0 Å². The molecule has 3 N–H and O–H groups in total. The Balaban J connectivity index is 2.28. The van der Waals surface area contributed by atoms with E-state index < -0.39 is 5.41 Å². The Labute approximate surface area is 109 Å². The van der Waals surface area contributed by atoms with Crippen LogP contribution in [-0.2, 0) is 4.79 Å². The first-order valence-corrected chi connectivity index (χ1v) is 6.63. The van der Waals surface area contributed by atoms with Gasteiger partial charge in [0.2, 0.25) is 5.91 Å². The molecule has 0 bridgehead atoms. The number of amides is 1. The standard InChI is InChI=1S/C12H23N3OS/c1-4-9(2)15(3)8-7-14-11(16)12(5-6-12)10(13)17/h9H,4-8H2,1-3H3,(H2,13,17)(H,14,16). The van der Waals surface area contributed by atoms with Crippen LogP contribution in [0.2, 0.25) is 0 Å². The monoisotopic (exact) mass is 257 g/mol. The highest BCUT2D eigenvalue weighted by atomic mass is 32.1. The molecule has 1 amide bonds. The van der Waals surface area contributed by atoms with Crippen LogP contribution in [0.3, 0.4) is 0 Å². The van der Waals surface area contributed by atoms with E-state index in [0.29, 0.717) is 17.6 Å². The average molecular weight is 257 g/mol. The van der Waals surface area contributed by atoms with Crippen molar-refractivity contribution in [2.75, 3.05) is 20.1 Å². The summed E-state index contributed by atoms with van der Waals surface area (Å²) in [5, 5.41) is 2.93. The van der Waals surface area contributed by atoms with Gasteiger partial charge in [-0.2, -0.15) is 0 Å². The lowest BCUT2D eigenvalue weighted by atomic mass is 10.1. The zero-order valence-electron chi connectivity index (χ0n) is 11.0. The second kappa shape index (κ2) is 5.78. The molecular weight excluding hydrogens is 234 g/mol. The van der Waals surface area contributed by atoms with Gasteiger partial charge in [-0.1, -0.05) is 19.1 Å². The Morgan fingerprint density at radius 1 is 1.59 bits per heavy atom. The quantitative estimate of drug-likeness (QED) is 0.665. The predicted molar refractivity (Wildman–Crippen MR) is 73.8 cm³/mol. The van der Waals surface area contributed by atoms with Gasteiger partial charge >= 0.3 is 0 Å². The number of nitrogens with two attached hydrogens (primary N) is 1. The van der Waals surface area contributed by atoms with E-state index in [9.17, 15) is 4.79 Å². The van der Waals surface area contributed by atoms with E-state index in [-0.39, 0.29) is 5.91 Å². The third-order valence-corrected chi connectivity index (χ3v) is 4.14. The van der Waals surface area contributed by atoms with Crippen molar-refractivity contribution in [3.05, 3.63) is 0 Å². The third-order valence-electron chi connectivity index (χ3n) is 3.75. The Morgan fingerprint density at radius 3 is 2.59 bits per heavy atom. The number of thiocarbonyl (C=S) groups is 1. The van der Waals surface area contributed by atoms with E-state index in [1.807, 2.05) is 0 Å². The summed E-state index contributed by atoms with van der Waals surface area (Å²) < 4.78 is 0. The van der Waals surface area contributed by atoms with Crippen molar-refractivity contribution in [3.63, 3.8) is 0 Å². The number of hydrogen-bond donors (Lipinski definition) is 2. The van der Waals surface area contributed by atoms with Crippen LogP contribution in [0.4, 0.5) is 0 Å². The van der Waals surface area contributed by atoms with E-state index in [4.69, 9.17) is 18.0 Å². The normalized spacial score (nSPS) is 18.8. The number of carbonyl (C=O) groups is 1. The smallest absolute Gasteiger partial charge is 0.233 e. The van der Waals surface area contributed by atoms with Crippen molar-refractivity contribution < 1.29 is 4.79 Å². The number of nitrogens with zero attached hydrogens (tertiary/aromatic N) is 1. The Kier molecular flexibility index (Phi) is 4.89. The van der Waals surface area contributed by atoms with Gasteiger partial charge in [-0.3, -0.25) is 4.79 Å². The lowest BCUT2D eigenvalue weighted by molar-refractivity contribution is -0.124. The Bertz CT molecular complexity index is 302. The molecule has 0 heterocycles. The predicted octanol–water partition coefficient (Wildman–Crippen LogP) is 0.899. The van der Waals surface area contributed by atoms with Crippen molar-refractivity contribution in [1.82, 2.24) is 10.2 Å². The molecule has 1 aliphatic carbocycles. The van der Waals surface area contributed by atoms with Crippen LogP contribution in [-0.4, -0.2) is 42.0 Å². The minimum absolute atomic E-state index is 0.00236. The Morgan fingerprint density at radius 2 is 2.18 bits per heavy atom. The molecule has 0 saturated heterocycles. The van der Waals surface area contributed by atoms with E-state index in [1.165, 1.54) is 0 Å². The summed E-state index contributed by atoms with van der Waals surface area (Å²) >= 11 is 4.94. The van der Waals surface area contributed by atoms with Gasteiger partial charge in [-0.15, -0.1) is 0 Å². The first-order valence-electron chi connectivity index (χ1n) is 6.22. The maximum absolute atomic E-state index is 11.9. The molecule has 1 atom stereocenters. The van der Waals surface area contributed by atoms with Crippen LogP contribution in [0.1, 0.15) is 33.1 Å². The summed E-state index contributed by atoms with van der Waals surface area (Å²) in [5.41, 5.74) is 5.07. The number of rotatable bonds is 7. The van der Waals surface area contributed by atoms with Gasteiger partial charge in [0.05, 0.1) is 10.4 Å². The summed E-state index contributed by atoms with van der Waals surface area (Å²) in [6.07, 6.45) is 2.71. The van der Waals surface area contributed by atoms with Crippen LogP contribution in [0.15, 0.2) is 0 Å². The summed E-state index contributed by atoms with van der Waals surface area (Å²) in [5.74, 6) is 0.00236. The average Bonchev–Trinajstić information content (AvgIpc) is 3.08. The zero-order chi connectivity index (χ0) is 13.1. The van der Waals surface area contributed by atoms with E-state index in [0.717, 1.165) is 25.8 Å². The van der Waals surface area contributed by atoms with E-state index in [2.05, 4.69) is 31.1 Å². The van der Waals surface area contributed by atoms with Crippen LogP contribution >= 0.6 is 12.2 Å². The Hall–Kier alpha value is -0.680. The first-order chi connectivity index (χ1) is 7.94. The molecule has 98 valence electrons. The van der Waals surface area contributed by atoms with Gasteiger partial charge < -0.3 is 16.0 Å². The number of carbonyl (C=O) groups excluding carboxylic acids is 1. The molecule has 0 aliphatic heterocycles. The summed E-state index contributed by atoms with van der Waals surface area (Å²) in [6.45, 7) is 5.85. The first kappa shape index (κ1) is 14.4. The highest BCUT2D eigenvalue weighted by Gasteiger charge is 2.52. The van der Waals surface area contributed by atoms with Gasteiger partial charge in [0.1, 0.15) is 0 Å². The molecule has 4 nitrogen and oxygen atoms in total. The molecule has 1 aliphatic rings. The molecule has 1 rings (SSSR count). The SMILES string of the molecule is CCC(C)N(C)CCNC(=O)C1(C(N)=S)CC1. The minimum atomic E-state index is -0.524. The molecular formula is C12H23N3OS. The molecule has 17 heavy (non-hydrogen) atoms. The minimum Gasteiger partial charge on any atom is -0.392 e. The molecule has 0 aromatic carbocycles. The van der Waals surface area contributed by atoms with E-state index in [1.54, 1.807) is 0 Å². The topological polar surface area (TPSA) is 58.4 Å². The maximum atomic E-state index is 11.9. The molecule has 0 spiro atoms. The van der Waals surface area contributed by atoms with Gasteiger partial charge in [-0.25, -0.2) is 0 Å². The van der Waals surface area contributed by atoms with Gasteiger partial charge in [0.15, 0.2) is 0 Å². The maximum Gasteiger partial charge on any atom is 0.233 e. The molecule has 1 fully saturated rings. The van der Waals surface area contributed by atoms with Crippen LogP contribution in [0, 0.1) is 5.41 Å². The van der Waals surface area contributed by atoms with Crippen molar-refractivity contribution in [3.8, 4) is 0 Å². The second-order valence-corrected chi connectivity index (χ2v) is 5.38.